The van der Waals surface area contributed by atoms with E-state index in [4.69, 9.17) is 12.2 Å². The molecule has 0 heterocycles. The highest BCUT2D eigenvalue weighted by Crippen LogP contribution is 2.38. The smallest absolute Gasteiger partial charge is 0.167 e. The van der Waals surface area contributed by atoms with E-state index in [0.717, 1.165) is 20.5 Å². The Morgan fingerprint density at radius 3 is 1.96 bits per heavy atom. The average Bonchev–Trinajstić information content (AvgIpc) is 2.66. The molecule has 0 radical (unpaired) electrons. The topological polar surface area (TPSA) is 17.1 Å². The van der Waals surface area contributed by atoms with Crippen LogP contribution in [0.2, 0.25) is 0 Å². The molecule has 27 heavy (non-hydrogen) atoms. The van der Waals surface area contributed by atoms with Crippen LogP contribution in [0.1, 0.15) is 49.5 Å². The highest BCUT2D eigenvalue weighted by molar-refractivity contribution is 14.3. The largest absolute Gasteiger partial charge is 0.294 e. The van der Waals surface area contributed by atoms with Gasteiger partial charge in [-0.15, -0.1) is 0 Å². The second kappa shape index (κ2) is 15.7. The van der Waals surface area contributed by atoms with Crippen LogP contribution in [0.5, 0.6) is 0 Å². The van der Waals surface area contributed by atoms with Crippen LogP contribution in [0.15, 0.2) is 59.1 Å². The molecule has 148 valence electrons. The van der Waals surface area contributed by atoms with Gasteiger partial charge < -0.3 is 0 Å². The Labute approximate surface area is 218 Å². The van der Waals surface area contributed by atoms with E-state index in [-0.39, 0.29) is 5.78 Å². The maximum Gasteiger partial charge on any atom is 0.167 e. The summed E-state index contributed by atoms with van der Waals surface area (Å²) in [4.78, 5) is 12.8. The minimum absolute atomic E-state index is 0.0812. The lowest BCUT2D eigenvalue weighted by Crippen LogP contribution is -2.09. The van der Waals surface area contributed by atoms with Gasteiger partial charge in [0.2, 0.25) is 0 Å². The molecule has 6 heteroatoms. The van der Waals surface area contributed by atoms with Gasteiger partial charge in [0.15, 0.2) is 5.78 Å². The summed E-state index contributed by atoms with van der Waals surface area (Å²) in [5.41, 5.74) is 1.84. The van der Waals surface area contributed by atoms with Crippen LogP contribution in [0.3, 0.4) is 0 Å². The molecule has 0 aliphatic rings. The molecule has 0 aromatic heterocycles. The molecule has 0 saturated heterocycles. The van der Waals surface area contributed by atoms with Crippen LogP contribution in [0, 0.1) is 0 Å². The van der Waals surface area contributed by atoms with Gasteiger partial charge in [-0.05, 0) is 18.1 Å². The predicted molar refractivity (Wildman–Crippen MR) is 152 cm³/mol. The molecule has 1 nitrogen and oxygen atoms in total. The van der Waals surface area contributed by atoms with Crippen molar-refractivity contribution in [2.45, 2.75) is 39.5 Å². The summed E-state index contributed by atoms with van der Waals surface area (Å²) in [6, 6.07) is 17.2. The molecule has 0 aliphatic carbocycles. The van der Waals surface area contributed by atoms with Gasteiger partial charge >= 0.3 is 0 Å². The van der Waals surface area contributed by atoms with Crippen molar-refractivity contribution in [3.05, 3.63) is 70.2 Å². The number of Topliss-reactive ketones (excluding diaryl/α,β-unsaturated/α-hetero) is 1. The number of thiocarbonyl (C=S) groups is 1. The first-order valence-electron chi connectivity index (χ1n) is 8.63. The number of ketones is 1. The quantitative estimate of drug-likeness (QED) is 0.126. The standard InChI is InChI=1S/C16H13BrOS.C3H5I3.C2H6/c17-15-9-5-4-8-13(15)10-14(19)11-16(18)12-6-2-1-3-7-12;1-2-3(4,5)6;1-2/h1-9H,10-11H2;2H2,1H3;1-2H3. The van der Waals surface area contributed by atoms with Crippen molar-refractivity contribution in [1.82, 2.24) is 0 Å². The lowest BCUT2D eigenvalue weighted by molar-refractivity contribution is 0.100. The SMILES string of the molecule is CC.CCC(I)(I)I.O=C(CC(=S)Cc1ccccc1Br)c1ccccc1. The fourth-order valence-electron chi connectivity index (χ4n) is 1.82. The van der Waals surface area contributed by atoms with Crippen LogP contribution in [0.4, 0.5) is 0 Å². The highest BCUT2D eigenvalue weighted by atomic mass is 127. The molecule has 0 atom stereocenters. The van der Waals surface area contributed by atoms with E-state index in [9.17, 15) is 4.79 Å². The van der Waals surface area contributed by atoms with Crippen LogP contribution < -0.4 is 0 Å². The number of carbonyl (C=O) groups is 1. The molecule has 2 aromatic carbocycles. The summed E-state index contributed by atoms with van der Waals surface area (Å²) in [5.74, 6) is 0.0812. The zero-order valence-electron chi connectivity index (χ0n) is 15.6. The molecule has 0 fully saturated rings. The highest BCUT2D eigenvalue weighted by Gasteiger charge is 2.11. The molecule has 0 bridgehead atoms. The van der Waals surface area contributed by atoms with Crippen LogP contribution in [0.25, 0.3) is 0 Å². The third-order valence-corrected chi connectivity index (χ3v) is 6.55. The van der Waals surface area contributed by atoms with Crippen molar-refractivity contribution in [2.75, 3.05) is 0 Å². The molecule has 2 aromatic rings. The fraction of sp³-hybridized carbons (Fsp3) is 0.333. The summed E-state index contributed by atoms with van der Waals surface area (Å²) in [6.07, 6.45) is 2.20. The number of halogens is 4. The first-order valence-corrected chi connectivity index (χ1v) is 13.1. The normalized spacial score (nSPS) is 10.0. The predicted octanol–water partition coefficient (Wildman–Crippen LogP) is 9.02. The first kappa shape index (κ1) is 27.9. The maximum atomic E-state index is 12.0. The molecule has 0 unspecified atom stereocenters. The van der Waals surface area contributed by atoms with Crippen molar-refractivity contribution in [2.24, 2.45) is 0 Å². The van der Waals surface area contributed by atoms with Gasteiger partial charge in [-0.1, -0.05) is 165 Å². The van der Waals surface area contributed by atoms with E-state index in [1.54, 1.807) is 0 Å². The summed E-state index contributed by atoms with van der Waals surface area (Å²) in [6.45, 7) is 6.19. The van der Waals surface area contributed by atoms with Crippen LogP contribution >= 0.6 is 95.9 Å². The van der Waals surface area contributed by atoms with Crippen molar-refractivity contribution in [3.8, 4) is 0 Å². The number of carbonyl (C=O) groups excluding carboxylic acids is 1. The summed E-state index contributed by atoms with van der Waals surface area (Å²) < 4.78 is 1.48. The molecule has 2 rings (SSSR count). The van der Waals surface area contributed by atoms with E-state index in [1.807, 2.05) is 68.4 Å². The van der Waals surface area contributed by atoms with Gasteiger partial charge in [0, 0.05) is 27.7 Å². The van der Waals surface area contributed by atoms with Gasteiger partial charge in [-0.3, -0.25) is 4.79 Å². The van der Waals surface area contributed by atoms with E-state index >= 15 is 0 Å². The Morgan fingerprint density at radius 1 is 1.00 bits per heavy atom. The van der Waals surface area contributed by atoms with Crippen molar-refractivity contribution >= 4 is 107 Å². The number of hydrogen-bond acceptors (Lipinski definition) is 2. The minimum atomic E-state index is 0.0812. The zero-order chi connectivity index (χ0) is 20.9. The Hall–Kier alpha value is 0.870. The molecular formula is C21H24BrI3OS. The van der Waals surface area contributed by atoms with E-state index in [0.29, 0.717) is 12.3 Å². The Morgan fingerprint density at radius 2 is 1.48 bits per heavy atom. The minimum Gasteiger partial charge on any atom is -0.294 e. The second-order valence-electron chi connectivity index (χ2n) is 5.24. The third-order valence-electron chi connectivity index (χ3n) is 3.20. The lowest BCUT2D eigenvalue weighted by Gasteiger charge is -2.06. The van der Waals surface area contributed by atoms with Crippen molar-refractivity contribution in [1.29, 1.82) is 0 Å². The van der Waals surface area contributed by atoms with Crippen molar-refractivity contribution in [3.63, 3.8) is 0 Å². The van der Waals surface area contributed by atoms with Gasteiger partial charge in [0.1, 0.15) is -0.565 Å². The fourth-order valence-corrected chi connectivity index (χ4v) is 2.53. The van der Waals surface area contributed by atoms with Gasteiger partial charge in [-0.25, -0.2) is 0 Å². The average molecular weight is 785 g/mol. The lowest BCUT2D eigenvalue weighted by atomic mass is 10.0. The van der Waals surface area contributed by atoms with Crippen LogP contribution in [-0.2, 0) is 6.42 Å². The molecule has 0 spiro atoms. The monoisotopic (exact) mass is 784 g/mol. The summed E-state index contributed by atoms with van der Waals surface area (Å²) in [7, 11) is 0. The van der Waals surface area contributed by atoms with Crippen LogP contribution in [-0.4, -0.2) is 10.1 Å². The van der Waals surface area contributed by atoms with E-state index in [2.05, 4.69) is 90.6 Å². The Balaban J connectivity index is 0.000000722. The summed E-state index contributed by atoms with van der Waals surface area (Å²) in [5, 5.41) is 0. The molecule has 0 saturated carbocycles. The van der Waals surface area contributed by atoms with Crippen molar-refractivity contribution < 1.29 is 4.79 Å². The maximum absolute atomic E-state index is 12.0. The number of benzene rings is 2. The van der Waals surface area contributed by atoms with E-state index < -0.39 is 0 Å². The molecular weight excluding hydrogens is 761 g/mol. The Bertz CT molecular complexity index is 700. The zero-order valence-corrected chi connectivity index (χ0v) is 24.5. The molecule has 0 aliphatic heterocycles. The van der Waals surface area contributed by atoms with Gasteiger partial charge in [0.25, 0.3) is 0 Å². The first-order chi connectivity index (χ1) is 12.7. The molecule has 0 amide bonds. The molecule has 0 N–H and O–H groups in total. The third kappa shape index (κ3) is 13.7. The van der Waals surface area contributed by atoms with Gasteiger partial charge in [0.05, 0.1) is 0 Å². The second-order valence-corrected chi connectivity index (χ2v) is 18.4. The van der Waals surface area contributed by atoms with Gasteiger partial charge in [-0.2, -0.15) is 0 Å². The van der Waals surface area contributed by atoms with E-state index in [1.165, 1.54) is 6.42 Å². The summed E-state index contributed by atoms with van der Waals surface area (Å²) >= 11 is 16.1. The number of rotatable bonds is 6. The number of hydrogen-bond donors (Lipinski definition) is 0. The Kier molecular flexibility index (Phi) is 16.2. The number of alkyl halides is 3.